The molecule has 3 heteroatoms. The largest absolute Gasteiger partial charge is 0.467 e. The smallest absolute Gasteiger partial charge is 0.124 e. The molecule has 2 aliphatic rings. The van der Waals surface area contributed by atoms with Gasteiger partial charge in [-0.1, -0.05) is 25.7 Å². The second kappa shape index (κ2) is 6.67. The van der Waals surface area contributed by atoms with Crippen LogP contribution >= 0.6 is 12.4 Å². The highest BCUT2D eigenvalue weighted by Gasteiger charge is 2.17. The van der Waals surface area contributed by atoms with Crippen molar-refractivity contribution in [2.75, 3.05) is 0 Å². The van der Waals surface area contributed by atoms with Crippen LogP contribution in [0.2, 0.25) is 0 Å². The Morgan fingerprint density at radius 1 is 1.13 bits per heavy atom. The van der Waals surface area contributed by atoms with Gasteiger partial charge >= 0.3 is 0 Å². The molecule has 0 amide bonds. The number of rotatable bonds is 1. The third kappa shape index (κ3) is 3.71. The third-order valence-electron chi connectivity index (χ3n) is 2.91. The van der Waals surface area contributed by atoms with Crippen molar-refractivity contribution in [1.82, 2.24) is 0 Å². The summed E-state index contributed by atoms with van der Waals surface area (Å²) in [6, 6.07) is 0. The monoisotopic (exact) mass is 227 g/mol. The van der Waals surface area contributed by atoms with E-state index in [0.717, 1.165) is 5.76 Å². The number of allylic oxidation sites excluding steroid dienone is 2. The van der Waals surface area contributed by atoms with E-state index in [1.165, 1.54) is 38.5 Å². The molecule has 0 spiro atoms. The summed E-state index contributed by atoms with van der Waals surface area (Å²) in [4.78, 5) is 4.16. The molecule has 1 saturated carbocycles. The molecule has 2 rings (SSSR count). The average molecular weight is 228 g/mol. The molecular weight excluding hydrogens is 210 g/mol. The van der Waals surface area contributed by atoms with Gasteiger partial charge in [0.2, 0.25) is 0 Å². The summed E-state index contributed by atoms with van der Waals surface area (Å²) in [6.07, 6.45) is 15.1. The van der Waals surface area contributed by atoms with Crippen LogP contribution in [0.4, 0.5) is 0 Å². The molecule has 0 aromatic carbocycles. The van der Waals surface area contributed by atoms with E-state index in [9.17, 15) is 0 Å². The molecule has 1 fully saturated rings. The quantitative estimate of drug-likeness (QED) is 0.624. The summed E-state index contributed by atoms with van der Waals surface area (Å²) >= 11 is 0. The Balaban J connectivity index is 0.00000112. The molecule has 0 bridgehead atoms. The maximum Gasteiger partial charge on any atom is 0.124 e. The fourth-order valence-corrected chi connectivity index (χ4v) is 2.12. The van der Waals surface area contributed by atoms with Crippen molar-refractivity contribution in [2.45, 2.75) is 38.5 Å². The van der Waals surface area contributed by atoms with E-state index < -0.39 is 0 Å². The third-order valence-corrected chi connectivity index (χ3v) is 2.91. The Morgan fingerprint density at radius 3 is 2.60 bits per heavy atom. The Labute approximate surface area is 97.5 Å². The van der Waals surface area contributed by atoms with E-state index >= 15 is 0 Å². The van der Waals surface area contributed by atoms with Crippen LogP contribution in [0.5, 0.6) is 0 Å². The highest BCUT2D eigenvalue weighted by molar-refractivity contribution is 5.85. The number of halogens is 1. The van der Waals surface area contributed by atoms with Crippen molar-refractivity contribution < 1.29 is 4.74 Å². The number of ether oxygens (including phenoxy) is 1. The second-order valence-electron chi connectivity index (χ2n) is 3.96. The van der Waals surface area contributed by atoms with Crippen LogP contribution in [-0.4, -0.2) is 6.21 Å². The summed E-state index contributed by atoms with van der Waals surface area (Å²) < 4.78 is 5.55. The van der Waals surface area contributed by atoms with Crippen molar-refractivity contribution >= 4 is 18.6 Å². The fourth-order valence-electron chi connectivity index (χ4n) is 2.12. The molecular formula is C12H18ClNO. The molecule has 0 N–H and O–H groups in total. The second-order valence-corrected chi connectivity index (χ2v) is 3.96. The molecule has 0 aromatic heterocycles. The molecule has 0 aromatic rings. The average Bonchev–Trinajstić information content (AvgIpc) is 2.62. The number of nitrogens with zero attached hydrogens (tertiary/aromatic N) is 1. The van der Waals surface area contributed by atoms with Crippen LogP contribution in [0.1, 0.15) is 38.5 Å². The molecule has 15 heavy (non-hydrogen) atoms. The van der Waals surface area contributed by atoms with Gasteiger partial charge in [0.25, 0.3) is 0 Å². The fraction of sp³-hybridized carbons (Fsp3) is 0.583. The standard InChI is InChI=1S/C12H17NO.ClH/c1-2-4-7-11(6-3-1)12-10-13-8-5-9-14-12;/h5,8-11H,1-4,6-7H2;1H. The van der Waals surface area contributed by atoms with Crippen molar-refractivity contribution in [1.29, 1.82) is 0 Å². The van der Waals surface area contributed by atoms with Crippen molar-refractivity contribution in [3.63, 3.8) is 0 Å². The maximum atomic E-state index is 5.55. The van der Waals surface area contributed by atoms with Gasteiger partial charge in [-0.05, 0) is 18.9 Å². The summed E-state index contributed by atoms with van der Waals surface area (Å²) in [6.45, 7) is 0. The lowest BCUT2D eigenvalue weighted by Gasteiger charge is -2.15. The molecule has 1 aliphatic carbocycles. The summed E-state index contributed by atoms with van der Waals surface area (Å²) in [5.41, 5.74) is 0. The van der Waals surface area contributed by atoms with Gasteiger partial charge in [-0.3, -0.25) is 4.99 Å². The van der Waals surface area contributed by atoms with Crippen LogP contribution in [0, 0.1) is 5.92 Å². The molecule has 0 atom stereocenters. The van der Waals surface area contributed by atoms with Gasteiger partial charge in [0.1, 0.15) is 5.76 Å². The lowest BCUT2D eigenvalue weighted by molar-refractivity contribution is 0.274. The van der Waals surface area contributed by atoms with E-state index in [4.69, 9.17) is 4.74 Å². The van der Waals surface area contributed by atoms with Gasteiger partial charge in [0.05, 0.1) is 12.5 Å². The van der Waals surface area contributed by atoms with Gasteiger partial charge in [0, 0.05) is 12.1 Å². The van der Waals surface area contributed by atoms with Crippen LogP contribution in [-0.2, 0) is 4.74 Å². The van der Waals surface area contributed by atoms with E-state index in [2.05, 4.69) is 4.99 Å². The molecule has 84 valence electrons. The first-order chi connectivity index (χ1) is 6.97. The Morgan fingerprint density at radius 2 is 1.87 bits per heavy atom. The van der Waals surface area contributed by atoms with Crippen molar-refractivity contribution in [3.8, 4) is 0 Å². The van der Waals surface area contributed by atoms with Gasteiger partial charge < -0.3 is 4.74 Å². The first-order valence-electron chi connectivity index (χ1n) is 5.52. The number of hydrogen-bond donors (Lipinski definition) is 0. The molecule has 2 nitrogen and oxygen atoms in total. The Hall–Kier alpha value is -0.760. The highest BCUT2D eigenvalue weighted by atomic mass is 35.5. The van der Waals surface area contributed by atoms with E-state index in [1.54, 1.807) is 12.5 Å². The molecule has 1 heterocycles. The van der Waals surface area contributed by atoms with Crippen LogP contribution < -0.4 is 0 Å². The van der Waals surface area contributed by atoms with Gasteiger partial charge in [0.15, 0.2) is 0 Å². The van der Waals surface area contributed by atoms with Crippen LogP contribution in [0.15, 0.2) is 29.3 Å². The van der Waals surface area contributed by atoms with E-state index in [-0.39, 0.29) is 12.4 Å². The predicted molar refractivity (Wildman–Crippen MR) is 65.2 cm³/mol. The number of hydrogen-bond acceptors (Lipinski definition) is 2. The summed E-state index contributed by atoms with van der Waals surface area (Å²) in [5, 5.41) is 0. The molecule has 1 aliphatic heterocycles. The van der Waals surface area contributed by atoms with E-state index in [1.807, 2.05) is 12.3 Å². The van der Waals surface area contributed by atoms with Crippen molar-refractivity contribution in [2.24, 2.45) is 10.9 Å². The van der Waals surface area contributed by atoms with Gasteiger partial charge in [-0.15, -0.1) is 12.4 Å². The zero-order valence-corrected chi connectivity index (χ0v) is 9.71. The Kier molecular flexibility index (Phi) is 5.48. The minimum atomic E-state index is 0. The SMILES string of the molecule is C1=COC(C2CCCCCC2)=CN=C1.Cl. The van der Waals surface area contributed by atoms with E-state index in [0.29, 0.717) is 5.92 Å². The summed E-state index contributed by atoms with van der Waals surface area (Å²) in [5.74, 6) is 1.65. The zero-order valence-electron chi connectivity index (χ0n) is 8.89. The van der Waals surface area contributed by atoms with Crippen molar-refractivity contribution in [3.05, 3.63) is 24.3 Å². The van der Waals surface area contributed by atoms with Gasteiger partial charge in [-0.25, -0.2) is 0 Å². The lowest BCUT2D eigenvalue weighted by Crippen LogP contribution is -2.04. The van der Waals surface area contributed by atoms with Gasteiger partial charge in [-0.2, -0.15) is 0 Å². The molecule has 0 radical (unpaired) electrons. The normalized spacial score (nSPS) is 22.0. The van der Waals surface area contributed by atoms with Crippen LogP contribution in [0.3, 0.4) is 0 Å². The number of aliphatic imine (C=N–C) groups is 1. The molecule has 0 unspecified atom stereocenters. The molecule has 0 saturated heterocycles. The zero-order chi connectivity index (χ0) is 9.64. The lowest BCUT2D eigenvalue weighted by atomic mass is 9.98. The Bertz CT molecular complexity index is 263. The maximum absolute atomic E-state index is 5.55. The first kappa shape index (κ1) is 12.3. The first-order valence-corrected chi connectivity index (χ1v) is 5.52. The predicted octanol–water partition coefficient (Wildman–Crippen LogP) is 3.83. The topological polar surface area (TPSA) is 21.6 Å². The minimum absolute atomic E-state index is 0. The highest BCUT2D eigenvalue weighted by Crippen LogP contribution is 2.29. The van der Waals surface area contributed by atoms with Crippen LogP contribution in [0.25, 0.3) is 0 Å². The minimum Gasteiger partial charge on any atom is -0.467 e. The summed E-state index contributed by atoms with van der Waals surface area (Å²) in [7, 11) is 0.